The molecule has 2 aromatic rings. The van der Waals surface area contributed by atoms with Crippen molar-refractivity contribution in [3.63, 3.8) is 0 Å². The largest absolute Gasteiger partial charge is 0.339 e. The van der Waals surface area contributed by atoms with Gasteiger partial charge in [0.05, 0.1) is 11.8 Å². The Hall–Kier alpha value is -2.45. The summed E-state index contributed by atoms with van der Waals surface area (Å²) in [5.41, 5.74) is 0.870. The minimum absolute atomic E-state index is 0. The Bertz CT molecular complexity index is 828. The number of hydrogen-bond donors (Lipinski definition) is 1. The van der Waals surface area contributed by atoms with E-state index < -0.39 is 11.9 Å². The Labute approximate surface area is 169 Å². The fourth-order valence-corrected chi connectivity index (χ4v) is 3.35. The average molecular weight is 410 g/mol. The van der Waals surface area contributed by atoms with Gasteiger partial charge < -0.3 is 15.1 Å². The molecule has 3 rings (SSSR count). The van der Waals surface area contributed by atoms with Crippen molar-refractivity contribution in [2.75, 3.05) is 33.2 Å². The van der Waals surface area contributed by atoms with Crippen LogP contribution in [0.25, 0.3) is 0 Å². The van der Waals surface area contributed by atoms with Gasteiger partial charge in [-0.1, -0.05) is 12.1 Å². The molecule has 1 aromatic heterocycles. The van der Waals surface area contributed by atoms with Gasteiger partial charge in [0.15, 0.2) is 0 Å². The monoisotopic (exact) mass is 409 g/mol. The van der Waals surface area contributed by atoms with Crippen LogP contribution in [0.2, 0.25) is 0 Å². The molecule has 1 aliphatic rings. The van der Waals surface area contributed by atoms with Crippen molar-refractivity contribution >= 4 is 24.2 Å². The molecular formula is C19H25ClFN5O2. The molecule has 7 nitrogen and oxygen atoms in total. The number of nitrogens with zero attached hydrogens (tertiary/aromatic N) is 4. The second kappa shape index (κ2) is 9.66. The minimum Gasteiger partial charge on any atom is -0.339 e. The summed E-state index contributed by atoms with van der Waals surface area (Å²) in [5, 5.41) is 7.17. The first-order valence-electron chi connectivity index (χ1n) is 8.99. The van der Waals surface area contributed by atoms with Crippen molar-refractivity contribution < 1.29 is 14.0 Å². The molecule has 2 heterocycles. The molecule has 1 N–H and O–H groups in total. The van der Waals surface area contributed by atoms with Crippen LogP contribution in [0.5, 0.6) is 0 Å². The highest BCUT2D eigenvalue weighted by Crippen LogP contribution is 2.17. The number of hydrogen-bond acceptors (Lipinski definition) is 4. The van der Waals surface area contributed by atoms with Crippen LogP contribution in [-0.4, -0.2) is 64.6 Å². The zero-order valence-electron chi connectivity index (χ0n) is 16.0. The highest BCUT2D eigenvalue weighted by atomic mass is 35.5. The number of aromatic nitrogens is 2. The van der Waals surface area contributed by atoms with Crippen molar-refractivity contribution in [1.29, 1.82) is 0 Å². The van der Waals surface area contributed by atoms with E-state index in [0.29, 0.717) is 32.6 Å². The first kappa shape index (κ1) is 21.8. The molecule has 28 heavy (non-hydrogen) atoms. The lowest BCUT2D eigenvalue weighted by atomic mass is 10.1. The Morgan fingerprint density at radius 1 is 1.14 bits per heavy atom. The summed E-state index contributed by atoms with van der Waals surface area (Å²) >= 11 is 0. The summed E-state index contributed by atoms with van der Waals surface area (Å²) in [6, 6.07) is 5.50. The SMILES string of the molecule is CNC(C(=O)N1CCCN(C(=O)c2ccccc2F)CC1)c1cnn(C)c1.Cl. The third-order valence-electron chi connectivity index (χ3n) is 4.79. The molecule has 0 radical (unpaired) electrons. The number of nitrogens with one attached hydrogen (secondary N) is 1. The Morgan fingerprint density at radius 3 is 2.46 bits per heavy atom. The quantitative estimate of drug-likeness (QED) is 0.833. The molecule has 0 bridgehead atoms. The number of aryl methyl sites for hydroxylation is 1. The Kier molecular flexibility index (Phi) is 7.53. The van der Waals surface area contributed by atoms with Crippen LogP contribution in [0, 0.1) is 5.82 Å². The molecule has 0 saturated carbocycles. The average Bonchev–Trinajstić information content (AvgIpc) is 2.94. The van der Waals surface area contributed by atoms with Crippen molar-refractivity contribution in [3.8, 4) is 0 Å². The summed E-state index contributed by atoms with van der Waals surface area (Å²) in [6.07, 6.45) is 4.13. The van der Waals surface area contributed by atoms with Gasteiger partial charge in [-0.25, -0.2) is 4.39 Å². The summed E-state index contributed by atoms with van der Waals surface area (Å²) in [5.74, 6) is -0.906. The summed E-state index contributed by atoms with van der Waals surface area (Å²) in [4.78, 5) is 28.9. The van der Waals surface area contributed by atoms with Gasteiger partial charge in [0, 0.05) is 45.0 Å². The second-order valence-electron chi connectivity index (χ2n) is 6.62. The smallest absolute Gasteiger partial charge is 0.256 e. The van der Waals surface area contributed by atoms with Gasteiger partial charge in [0.2, 0.25) is 5.91 Å². The first-order chi connectivity index (χ1) is 13.0. The molecule has 1 aromatic carbocycles. The molecule has 2 amide bonds. The molecule has 0 aliphatic carbocycles. The second-order valence-corrected chi connectivity index (χ2v) is 6.62. The van der Waals surface area contributed by atoms with E-state index in [1.54, 1.807) is 46.9 Å². The Balaban J connectivity index is 0.00000280. The van der Waals surface area contributed by atoms with E-state index in [9.17, 15) is 14.0 Å². The normalized spacial score (nSPS) is 15.5. The zero-order valence-corrected chi connectivity index (χ0v) is 16.8. The van der Waals surface area contributed by atoms with Gasteiger partial charge in [-0.2, -0.15) is 5.10 Å². The van der Waals surface area contributed by atoms with Crippen LogP contribution in [0.1, 0.15) is 28.4 Å². The van der Waals surface area contributed by atoms with E-state index in [-0.39, 0.29) is 29.8 Å². The maximum Gasteiger partial charge on any atom is 0.256 e. The van der Waals surface area contributed by atoms with Crippen molar-refractivity contribution in [2.24, 2.45) is 7.05 Å². The molecule has 1 unspecified atom stereocenters. The van der Waals surface area contributed by atoms with Crippen LogP contribution < -0.4 is 5.32 Å². The summed E-state index contributed by atoms with van der Waals surface area (Å²) in [6.45, 7) is 1.84. The fraction of sp³-hybridized carbons (Fsp3) is 0.421. The molecule has 1 aliphatic heterocycles. The predicted octanol–water partition coefficient (Wildman–Crippen LogP) is 1.62. The number of amides is 2. The topological polar surface area (TPSA) is 70.5 Å². The van der Waals surface area contributed by atoms with Crippen molar-refractivity contribution in [1.82, 2.24) is 24.9 Å². The van der Waals surface area contributed by atoms with Gasteiger partial charge in [0.1, 0.15) is 11.9 Å². The van der Waals surface area contributed by atoms with Crippen LogP contribution in [0.3, 0.4) is 0 Å². The number of halogens is 2. The standard InChI is InChI=1S/C19H24FN5O2.ClH/c1-21-17(14-12-22-23(2)13-14)19(27)25-9-5-8-24(10-11-25)18(26)15-6-3-4-7-16(15)20;/h3-4,6-7,12-13,17,21H,5,8-11H2,1-2H3;1H. The van der Waals surface area contributed by atoms with E-state index in [4.69, 9.17) is 0 Å². The van der Waals surface area contributed by atoms with E-state index in [0.717, 1.165) is 5.56 Å². The third kappa shape index (κ3) is 4.69. The lowest BCUT2D eigenvalue weighted by Crippen LogP contribution is -2.42. The van der Waals surface area contributed by atoms with Gasteiger partial charge >= 0.3 is 0 Å². The van der Waals surface area contributed by atoms with Crippen molar-refractivity contribution in [3.05, 3.63) is 53.6 Å². The van der Waals surface area contributed by atoms with Gasteiger partial charge in [-0.15, -0.1) is 12.4 Å². The van der Waals surface area contributed by atoms with E-state index in [1.807, 2.05) is 6.20 Å². The molecule has 9 heteroatoms. The predicted molar refractivity (Wildman–Crippen MR) is 106 cm³/mol. The fourth-order valence-electron chi connectivity index (χ4n) is 3.35. The van der Waals surface area contributed by atoms with Crippen LogP contribution >= 0.6 is 12.4 Å². The molecule has 1 atom stereocenters. The van der Waals surface area contributed by atoms with Crippen LogP contribution in [-0.2, 0) is 11.8 Å². The molecule has 1 fully saturated rings. The number of benzene rings is 1. The van der Waals surface area contributed by atoms with E-state index >= 15 is 0 Å². The molecular weight excluding hydrogens is 385 g/mol. The number of carbonyl (C=O) groups is 2. The highest BCUT2D eigenvalue weighted by molar-refractivity contribution is 5.94. The maximum absolute atomic E-state index is 13.9. The van der Waals surface area contributed by atoms with Gasteiger partial charge in [-0.3, -0.25) is 14.3 Å². The molecule has 152 valence electrons. The third-order valence-corrected chi connectivity index (χ3v) is 4.79. The number of rotatable bonds is 4. The summed E-state index contributed by atoms with van der Waals surface area (Å²) in [7, 11) is 3.54. The zero-order chi connectivity index (χ0) is 19.4. The molecule has 0 spiro atoms. The van der Waals surface area contributed by atoms with E-state index in [1.165, 1.54) is 12.1 Å². The lowest BCUT2D eigenvalue weighted by molar-refractivity contribution is -0.133. The maximum atomic E-state index is 13.9. The lowest BCUT2D eigenvalue weighted by Gasteiger charge is -2.26. The first-order valence-corrected chi connectivity index (χ1v) is 8.99. The van der Waals surface area contributed by atoms with Crippen molar-refractivity contribution in [2.45, 2.75) is 12.5 Å². The highest BCUT2D eigenvalue weighted by Gasteiger charge is 2.29. The Morgan fingerprint density at radius 2 is 1.82 bits per heavy atom. The number of carbonyl (C=O) groups excluding carboxylic acids is 2. The minimum atomic E-state index is -0.522. The van der Waals surface area contributed by atoms with Gasteiger partial charge in [0.25, 0.3) is 5.91 Å². The van der Waals surface area contributed by atoms with Crippen LogP contribution in [0.4, 0.5) is 4.39 Å². The number of likely N-dealkylation sites (N-methyl/N-ethyl adjacent to an activating group) is 1. The van der Waals surface area contributed by atoms with E-state index in [2.05, 4.69) is 10.4 Å². The van der Waals surface area contributed by atoms with Crippen LogP contribution in [0.15, 0.2) is 36.7 Å². The molecule has 1 saturated heterocycles. The van der Waals surface area contributed by atoms with Gasteiger partial charge in [-0.05, 0) is 25.6 Å². The summed E-state index contributed by atoms with van der Waals surface area (Å²) < 4.78 is 15.6.